The number of fused-ring (bicyclic) bond motifs is 1. The second-order valence-electron chi connectivity index (χ2n) is 10.9. The standard InChI is InChI=1S/C34H44O10/c1-5-21(2)16-23(4)18-24(33(40)41)17-22(3)14-12-10-8-6-7-9-11-13-15-25-19-27-28(34(42)43-25)30(38)31(39)32(44-27)29(37)26(36)20-35/h6-15,17-19,21,23,26,29-32,35-39H,5,16,20H2,1-4H3,(H,40,41)/t21-,23+,26+,29+,30-,31+,32-/m0/s1. The zero-order valence-corrected chi connectivity index (χ0v) is 25.5. The van der Waals surface area contributed by atoms with Crippen LogP contribution in [-0.4, -0.2) is 67.6 Å². The van der Waals surface area contributed by atoms with Crippen molar-refractivity contribution >= 4 is 12.0 Å². The summed E-state index contributed by atoms with van der Waals surface area (Å²) in [4.78, 5) is 24.1. The summed E-state index contributed by atoms with van der Waals surface area (Å²) in [6.45, 7) is 7.37. The van der Waals surface area contributed by atoms with Gasteiger partial charge in [-0.1, -0.05) is 93.5 Å². The van der Waals surface area contributed by atoms with Crippen LogP contribution in [0.25, 0.3) is 6.08 Å². The number of hydrogen-bond acceptors (Lipinski definition) is 9. The van der Waals surface area contributed by atoms with Gasteiger partial charge in [-0.3, -0.25) is 0 Å². The fourth-order valence-corrected chi connectivity index (χ4v) is 4.50. The molecule has 0 bridgehead atoms. The van der Waals surface area contributed by atoms with Gasteiger partial charge in [-0.15, -0.1) is 0 Å². The number of carboxylic acids is 1. The molecule has 0 unspecified atom stereocenters. The fourth-order valence-electron chi connectivity index (χ4n) is 4.50. The number of aliphatic carboxylic acids is 1. The molecular formula is C34H44O10. The number of ether oxygens (including phenoxy) is 1. The first-order chi connectivity index (χ1) is 20.9. The van der Waals surface area contributed by atoms with E-state index < -0.39 is 48.7 Å². The Morgan fingerprint density at radius 2 is 1.64 bits per heavy atom. The lowest BCUT2D eigenvalue weighted by Gasteiger charge is -2.36. The summed E-state index contributed by atoms with van der Waals surface area (Å²) in [7, 11) is 0. The molecule has 0 aromatic carbocycles. The molecule has 1 aliphatic heterocycles. The molecule has 44 heavy (non-hydrogen) atoms. The lowest BCUT2D eigenvalue weighted by Crippen LogP contribution is -2.53. The minimum atomic E-state index is -1.73. The third kappa shape index (κ3) is 11.0. The van der Waals surface area contributed by atoms with Crippen LogP contribution in [0.4, 0.5) is 0 Å². The molecule has 2 rings (SSSR count). The predicted octanol–water partition coefficient (Wildman–Crippen LogP) is 3.78. The van der Waals surface area contributed by atoms with Crippen molar-refractivity contribution in [3.05, 3.63) is 106 Å². The summed E-state index contributed by atoms with van der Waals surface area (Å²) in [5, 5.41) is 59.1. The van der Waals surface area contributed by atoms with Crippen LogP contribution < -0.4 is 10.4 Å². The molecular weight excluding hydrogens is 568 g/mol. The maximum absolute atomic E-state index is 12.4. The third-order valence-corrected chi connectivity index (χ3v) is 7.07. The second-order valence-corrected chi connectivity index (χ2v) is 10.9. The largest absolute Gasteiger partial charge is 0.484 e. The van der Waals surface area contributed by atoms with Gasteiger partial charge in [-0.05, 0) is 37.3 Å². The van der Waals surface area contributed by atoms with Crippen LogP contribution >= 0.6 is 0 Å². The Morgan fingerprint density at radius 1 is 1.02 bits per heavy atom. The van der Waals surface area contributed by atoms with Crippen LogP contribution in [0.3, 0.4) is 0 Å². The predicted molar refractivity (Wildman–Crippen MR) is 168 cm³/mol. The molecule has 7 atom stereocenters. The first kappa shape index (κ1) is 36.4. The molecule has 2 heterocycles. The molecule has 6 N–H and O–H groups in total. The molecule has 0 saturated carbocycles. The summed E-state index contributed by atoms with van der Waals surface area (Å²) in [5.74, 6) is -0.270. The van der Waals surface area contributed by atoms with Crippen molar-refractivity contribution in [3.63, 3.8) is 0 Å². The van der Waals surface area contributed by atoms with E-state index in [0.29, 0.717) is 5.92 Å². The smallest absolute Gasteiger partial charge is 0.345 e. The van der Waals surface area contributed by atoms with Gasteiger partial charge in [0.2, 0.25) is 0 Å². The highest BCUT2D eigenvalue weighted by molar-refractivity contribution is 5.90. The molecule has 0 fully saturated rings. The van der Waals surface area contributed by atoms with Gasteiger partial charge in [0, 0.05) is 6.07 Å². The Balaban J connectivity index is 1.98. The first-order valence-electron chi connectivity index (χ1n) is 14.5. The van der Waals surface area contributed by atoms with E-state index >= 15 is 0 Å². The normalized spacial score (nSPS) is 22.6. The molecule has 10 heteroatoms. The minimum absolute atomic E-state index is 0.0845. The van der Waals surface area contributed by atoms with E-state index in [0.717, 1.165) is 18.4 Å². The van der Waals surface area contributed by atoms with Crippen molar-refractivity contribution in [2.75, 3.05) is 6.61 Å². The number of hydrogen-bond donors (Lipinski definition) is 6. The molecule has 1 aromatic heterocycles. The van der Waals surface area contributed by atoms with E-state index in [1.807, 2.05) is 38.2 Å². The average molecular weight is 613 g/mol. The molecule has 0 spiro atoms. The van der Waals surface area contributed by atoms with E-state index in [1.54, 1.807) is 42.5 Å². The van der Waals surface area contributed by atoms with Crippen LogP contribution in [0.15, 0.2) is 93.3 Å². The molecule has 0 aliphatic carbocycles. The van der Waals surface area contributed by atoms with E-state index in [-0.39, 0.29) is 28.6 Å². The Morgan fingerprint density at radius 3 is 2.23 bits per heavy atom. The maximum atomic E-state index is 12.4. The zero-order valence-electron chi connectivity index (χ0n) is 25.5. The molecule has 10 nitrogen and oxygen atoms in total. The van der Waals surface area contributed by atoms with E-state index in [4.69, 9.17) is 14.3 Å². The molecule has 0 saturated heterocycles. The van der Waals surface area contributed by atoms with Gasteiger partial charge in [-0.2, -0.15) is 0 Å². The van der Waals surface area contributed by atoms with Gasteiger partial charge in [0.15, 0.2) is 6.10 Å². The van der Waals surface area contributed by atoms with Crippen molar-refractivity contribution in [1.29, 1.82) is 0 Å². The van der Waals surface area contributed by atoms with Crippen molar-refractivity contribution in [3.8, 4) is 5.75 Å². The summed E-state index contributed by atoms with van der Waals surface area (Å²) in [6.07, 6.45) is 14.5. The van der Waals surface area contributed by atoms with Crippen LogP contribution in [0.1, 0.15) is 58.0 Å². The lowest BCUT2D eigenvalue weighted by atomic mass is 9.92. The Kier molecular flexibility index (Phi) is 15.0. The number of carbonyl (C=O) groups is 1. The summed E-state index contributed by atoms with van der Waals surface area (Å²) in [6, 6.07) is 1.31. The van der Waals surface area contributed by atoms with Crippen molar-refractivity contribution < 1.29 is 44.6 Å². The molecule has 0 radical (unpaired) electrons. The van der Waals surface area contributed by atoms with Gasteiger partial charge in [0.05, 0.1) is 12.2 Å². The van der Waals surface area contributed by atoms with Crippen LogP contribution in [0.2, 0.25) is 0 Å². The number of carboxylic acid groups (broad SMARTS) is 1. The van der Waals surface area contributed by atoms with Gasteiger partial charge in [-0.25, -0.2) is 9.59 Å². The Bertz CT molecular complexity index is 1360. The van der Waals surface area contributed by atoms with Gasteiger partial charge < -0.3 is 39.8 Å². The highest BCUT2D eigenvalue weighted by Gasteiger charge is 2.44. The zero-order chi connectivity index (χ0) is 32.8. The lowest BCUT2D eigenvalue weighted by molar-refractivity contribution is -0.143. The first-order valence-corrected chi connectivity index (χ1v) is 14.5. The fraction of sp³-hybridized carbons (Fsp3) is 0.412. The Labute approximate surface area is 257 Å². The average Bonchev–Trinajstić information content (AvgIpc) is 2.98. The monoisotopic (exact) mass is 612 g/mol. The molecule has 0 amide bonds. The summed E-state index contributed by atoms with van der Waals surface area (Å²) < 4.78 is 10.7. The number of rotatable bonds is 15. The van der Waals surface area contributed by atoms with E-state index in [1.165, 1.54) is 12.1 Å². The van der Waals surface area contributed by atoms with Crippen molar-refractivity contribution in [1.82, 2.24) is 0 Å². The highest BCUT2D eigenvalue weighted by atomic mass is 16.5. The SMILES string of the molecule is CC[C@H](C)C[C@@H](C)C=C(C=C(C)C=CC=CC=CC=CC=Cc1cc2c(c(=O)o1)[C@H](O)[C@@H](O)[C@H]([C@H](O)[C@H](O)CO)O2)C(=O)O. The van der Waals surface area contributed by atoms with E-state index in [9.17, 15) is 35.1 Å². The van der Waals surface area contributed by atoms with Crippen LogP contribution in [0.5, 0.6) is 5.75 Å². The number of allylic oxidation sites excluding steroid dienone is 11. The van der Waals surface area contributed by atoms with Gasteiger partial charge in [0.25, 0.3) is 0 Å². The highest BCUT2D eigenvalue weighted by Crippen LogP contribution is 2.35. The summed E-state index contributed by atoms with van der Waals surface area (Å²) >= 11 is 0. The third-order valence-electron chi connectivity index (χ3n) is 7.07. The number of aliphatic hydroxyl groups is 5. The molecule has 1 aromatic rings. The van der Waals surface area contributed by atoms with Crippen molar-refractivity contribution in [2.24, 2.45) is 11.8 Å². The number of aliphatic hydroxyl groups excluding tert-OH is 5. The maximum Gasteiger partial charge on any atom is 0.345 e. The van der Waals surface area contributed by atoms with Gasteiger partial charge >= 0.3 is 11.6 Å². The molecule has 240 valence electrons. The minimum Gasteiger partial charge on any atom is -0.484 e. The van der Waals surface area contributed by atoms with Gasteiger partial charge in [0.1, 0.15) is 41.5 Å². The van der Waals surface area contributed by atoms with E-state index in [2.05, 4.69) is 13.8 Å². The van der Waals surface area contributed by atoms with Crippen LogP contribution in [0, 0.1) is 11.8 Å². The Hall–Kier alpha value is -3.80. The molecule has 1 aliphatic rings. The summed E-state index contributed by atoms with van der Waals surface area (Å²) in [5.41, 5.74) is -0.146. The second kappa shape index (κ2) is 18.1. The van der Waals surface area contributed by atoms with Crippen LogP contribution in [-0.2, 0) is 4.79 Å². The van der Waals surface area contributed by atoms with Crippen molar-refractivity contribution in [2.45, 2.75) is 71.1 Å². The quantitative estimate of drug-likeness (QED) is 0.126. The topological polar surface area (TPSA) is 178 Å².